The molecule has 1 aliphatic heterocycles. The number of pyridine rings is 1. The first kappa shape index (κ1) is 19.7. The van der Waals surface area contributed by atoms with Gasteiger partial charge in [-0.25, -0.2) is 9.18 Å². The number of halogens is 2. The van der Waals surface area contributed by atoms with E-state index in [4.69, 9.17) is 11.6 Å². The number of hydrogen-bond donors (Lipinski definition) is 1. The number of alkyl halides is 1. The Morgan fingerprint density at radius 1 is 1.17 bits per heavy atom. The summed E-state index contributed by atoms with van der Waals surface area (Å²) < 4.78 is 16.7. The van der Waals surface area contributed by atoms with Crippen LogP contribution in [0.1, 0.15) is 35.7 Å². The first-order valence-electron chi connectivity index (χ1n) is 9.61. The molecule has 1 aromatic carbocycles. The van der Waals surface area contributed by atoms with Crippen molar-refractivity contribution in [3.8, 4) is 0 Å². The van der Waals surface area contributed by atoms with Crippen LogP contribution in [0.4, 0.5) is 10.1 Å². The van der Waals surface area contributed by atoms with Crippen LogP contribution < -0.4 is 10.3 Å². The Kier molecular flexibility index (Phi) is 5.21. The Balaban J connectivity index is 1.70. The number of carboxylic acid groups (broad SMARTS) is 1. The fourth-order valence-corrected chi connectivity index (χ4v) is 4.01. The van der Waals surface area contributed by atoms with Crippen LogP contribution in [0.25, 0.3) is 10.9 Å². The minimum Gasteiger partial charge on any atom is -0.477 e. The van der Waals surface area contributed by atoms with E-state index in [1.54, 1.807) is 15.5 Å². The van der Waals surface area contributed by atoms with E-state index < -0.39 is 17.2 Å². The number of anilines is 1. The van der Waals surface area contributed by atoms with Crippen molar-refractivity contribution < 1.29 is 19.1 Å². The minimum atomic E-state index is -1.31. The van der Waals surface area contributed by atoms with Crippen molar-refractivity contribution in [1.29, 1.82) is 0 Å². The van der Waals surface area contributed by atoms with Gasteiger partial charge >= 0.3 is 5.97 Å². The van der Waals surface area contributed by atoms with Gasteiger partial charge in [0.25, 0.3) is 0 Å². The number of piperazine rings is 1. The molecular weight excluding hydrogens is 401 g/mol. The molecule has 1 aromatic heterocycles. The van der Waals surface area contributed by atoms with Gasteiger partial charge in [-0.05, 0) is 25.0 Å². The number of aromatic nitrogens is 1. The average molecular weight is 422 g/mol. The van der Waals surface area contributed by atoms with Crippen LogP contribution in [-0.2, 0) is 4.79 Å². The van der Waals surface area contributed by atoms with Gasteiger partial charge in [-0.2, -0.15) is 0 Å². The van der Waals surface area contributed by atoms with Gasteiger partial charge in [0.1, 0.15) is 11.4 Å². The maximum Gasteiger partial charge on any atom is 0.341 e. The number of rotatable bonds is 5. The van der Waals surface area contributed by atoms with E-state index >= 15 is 0 Å². The van der Waals surface area contributed by atoms with Gasteiger partial charge in [0.15, 0.2) is 0 Å². The second-order valence-electron chi connectivity index (χ2n) is 7.44. The van der Waals surface area contributed by atoms with E-state index in [-0.39, 0.29) is 35.2 Å². The largest absolute Gasteiger partial charge is 0.477 e. The second kappa shape index (κ2) is 7.67. The summed E-state index contributed by atoms with van der Waals surface area (Å²) in [5.41, 5.74) is -0.118. The van der Waals surface area contributed by atoms with Crippen LogP contribution in [0.5, 0.6) is 0 Å². The quantitative estimate of drug-likeness (QED) is 0.750. The summed E-state index contributed by atoms with van der Waals surface area (Å²) in [6.07, 6.45) is 3.44. The molecule has 7 nitrogen and oxygen atoms in total. The van der Waals surface area contributed by atoms with E-state index in [0.29, 0.717) is 37.4 Å². The van der Waals surface area contributed by atoms with Crippen LogP contribution >= 0.6 is 11.6 Å². The van der Waals surface area contributed by atoms with Gasteiger partial charge in [0.05, 0.1) is 11.2 Å². The van der Waals surface area contributed by atoms with Crippen LogP contribution in [0.2, 0.25) is 0 Å². The normalized spacial score (nSPS) is 17.0. The Morgan fingerprint density at radius 2 is 1.86 bits per heavy atom. The van der Waals surface area contributed by atoms with Crippen molar-refractivity contribution in [3.05, 3.63) is 39.9 Å². The Morgan fingerprint density at radius 3 is 2.45 bits per heavy atom. The lowest BCUT2D eigenvalue weighted by atomic mass is 10.1. The monoisotopic (exact) mass is 421 g/mol. The van der Waals surface area contributed by atoms with E-state index in [9.17, 15) is 23.9 Å². The SMILES string of the molecule is O=C(O)c1cn(C2CC2)c2cc(N3CCN(C(=O)CCCl)CC3)c(F)cc2c1=O. The zero-order valence-electron chi connectivity index (χ0n) is 15.7. The first-order chi connectivity index (χ1) is 13.9. The maximum atomic E-state index is 14.9. The van der Waals surface area contributed by atoms with Gasteiger partial charge in [0, 0.05) is 56.1 Å². The topological polar surface area (TPSA) is 82.8 Å². The molecule has 0 bridgehead atoms. The number of aromatic carboxylic acids is 1. The predicted molar refractivity (Wildman–Crippen MR) is 108 cm³/mol. The highest BCUT2D eigenvalue weighted by Crippen LogP contribution is 2.38. The summed E-state index contributed by atoms with van der Waals surface area (Å²) >= 11 is 5.63. The third-order valence-corrected chi connectivity index (χ3v) is 5.74. The molecule has 2 aromatic rings. The lowest BCUT2D eigenvalue weighted by Crippen LogP contribution is -2.49. The molecule has 1 amide bonds. The van der Waals surface area contributed by atoms with Gasteiger partial charge < -0.3 is 19.5 Å². The summed E-state index contributed by atoms with van der Waals surface area (Å²) in [6, 6.07) is 2.90. The fraction of sp³-hybridized carbons (Fsp3) is 0.450. The molecule has 154 valence electrons. The molecule has 2 heterocycles. The lowest BCUT2D eigenvalue weighted by molar-refractivity contribution is -0.131. The van der Waals surface area contributed by atoms with Crippen LogP contribution in [0.15, 0.2) is 23.1 Å². The molecule has 0 radical (unpaired) electrons. The fourth-order valence-electron chi connectivity index (χ4n) is 3.84. The smallest absolute Gasteiger partial charge is 0.341 e. The number of nitrogens with zero attached hydrogens (tertiary/aromatic N) is 3. The van der Waals surface area contributed by atoms with Crippen LogP contribution in [-0.4, -0.2) is 58.5 Å². The molecule has 0 unspecified atom stereocenters. The highest BCUT2D eigenvalue weighted by molar-refractivity contribution is 6.18. The zero-order chi connectivity index (χ0) is 20.7. The maximum absolute atomic E-state index is 14.9. The Hall–Kier alpha value is -2.61. The van der Waals surface area contributed by atoms with Crippen molar-refractivity contribution in [1.82, 2.24) is 9.47 Å². The van der Waals surface area contributed by atoms with E-state index in [2.05, 4.69) is 0 Å². The molecule has 29 heavy (non-hydrogen) atoms. The van der Waals surface area contributed by atoms with Crippen molar-refractivity contribution in [2.24, 2.45) is 0 Å². The number of carbonyl (C=O) groups excluding carboxylic acids is 1. The molecule has 2 aliphatic rings. The Labute approximate surface area is 171 Å². The van der Waals surface area contributed by atoms with Gasteiger partial charge in [0.2, 0.25) is 11.3 Å². The first-order valence-corrected chi connectivity index (χ1v) is 10.1. The molecule has 0 atom stereocenters. The number of fused-ring (bicyclic) bond motifs is 1. The summed E-state index contributed by atoms with van der Waals surface area (Å²) in [6.45, 7) is 1.88. The average Bonchev–Trinajstić information content (AvgIpc) is 3.53. The molecule has 9 heteroatoms. The number of benzene rings is 1. The van der Waals surface area contributed by atoms with Crippen molar-refractivity contribution >= 4 is 40.1 Å². The van der Waals surface area contributed by atoms with Crippen molar-refractivity contribution in [2.45, 2.75) is 25.3 Å². The molecule has 2 fully saturated rings. The van der Waals surface area contributed by atoms with Gasteiger partial charge in [-0.3, -0.25) is 9.59 Å². The molecule has 1 saturated heterocycles. The highest BCUT2D eigenvalue weighted by Gasteiger charge is 2.29. The molecular formula is C20H21ClFN3O4. The number of amides is 1. The third kappa shape index (κ3) is 3.69. The summed E-state index contributed by atoms with van der Waals surface area (Å²) in [7, 11) is 0. The van der Waals surface area contributed by atoms with Crippen LogP contribution in [0, 0.1) is 5.82 Å². The van der Waals surface area contributed by atoms with E-state index in [0.717, 1.165) is 18.9 Å². The minimum absolute atomic E-state index is 0.0117. The third-order valence-electron chi connectivity index (χ3n) is 5.55. The van der Waals surface area contributed by atoms with E-state index in [1.165, 1.54) is 6.20 Å². The molecule has 4 rings (SSSR count). The predicted octanol–water partition coefficient (Wildman–Crippen LogP) is 2.45. The van der Waals surface area contributed by atoms with Crippen molar-refractivity contribution in [2.75, 3.05) is 37.0 Å². The zero-order valence-corrected chi connectivity index (χ0v) is 16.5. The Bertz CT molecular complexity index is 1040. The second-order valence-corrected chi connectivity index (χ2v) is 7.82. The molecule has 1 saturated carbocycles. The summed E-state index contributed by atoms with van der Waals surface area (Å²) in [5, 5.41) is 9.41. The van der Waals surface area contributed by atoms with Gasteiger partial charge in [-0.1, -0.05) is 0 Å². The summed E-state index contributed by atoms with van der Waals surface area (Å²) in [4.78, 5) is 39.6. The van der Waals surface area contributed by atoms with Crippen molar-refractivity contribution in [3.63, 3.8) is 0 Å². The summed E-state index contributed by atoms with van der Waals surface area (Å²) in [5.74, 6) is -1.62. The van der Waals surface area contributed by atoms with Gasteiger partial charge in [-0.15, -0.1) is 11.6 Å². The highest BCUT2D eigenvalue weighted by atomic mass is 35.5. The lowest BCUT2D eigenvalue weighted by Gasteiger charge is -2.36. The number of carboxylic acids is 1. The number of hydrogen-bond acceptors (Lipinski definition) is 4. The number of carbonyl (C=O) groups is 2. The molecule has 0 spiro atoms. The molecule has 1 N–H and O–H groups in total. The molecule has 1 aliphatic carbocycles. The van der Waals surface area contributed by atoms with Crippen LogP contribution in [0.3, 0.4) is 0 Å². The van der Waals surface area contributed by atoms with E-state index in [1.807, 2.05) is 4.90 Å². The standard InChI is InChI=1S/C20H21ClFN3O4/c21-4-3-18(26)24-7-5-23(6-8-24)17-10-16-13(9-15(17)22)19(27)14(20(28)29)11-25(16)12-1-2-12/h9-12H,1-8H2,(H,28,29).